The van der Waals surface area contributed by atoms with Gasteiger partial charge in [0.05, 0.1) is 55.3 Å². The number of nitrogens with one attached hydrogen (secondary N) is 4. The molecule has 0 aliphatic carbocycles. The molecule has 5 heterocycles. The van der Waals surface area contributed by atoms with Crippen LogP contribution in [0.5, 0.6) is 0 Å². The highest BCUT2D eigenvalue weighted by atomic mass is 32.1. The number of fused-ring (bicyclic) bond motifs is 4. The molecule has 7 aromatic rings. The third kappa shape index (κ3) is 8.07. The number of benzene rings is 4. The maximum atomic E-state index is 14.1. The molecule has 0 saturated carbocycles. The summed E-state index contributed by atoms with van der Waals surface area (Å²) in [5.74, 6) is 0.952. The van der Waals surface area contributed by atoms with Crippen molar-refractivity contribution in [3.63, 3.8) is 0 Å². The summed E-state index contributed by atoms with van der Waals surface area (Å²) in [6.07, 6.45) is 2.99. The lowest BCUT2D eigenvalue weighted by Crippen LogP contribution is -2.54. The molecule has 15 nitrogen and oxygen atoms in total. The third-order valence-corrected chi connectivity index (χ3v) is 13.4. The van der Waals surface area contributed by atoms with Gasteiger partial charge in [0.15, 0.2) is 0 Å². The molecule has 0 bridgehead atoms. The van der Waals surface area contributed by atoms with Crippen LogP contribution in [0.25, 0.3) is 53.6 Å². The first-order valence-corrected chi connectivity index (χ1v) is 21.8. The van der Waals surface area contributed by atoms with Crippen LogP contribution in [0.3, 0.4) is 0 Å². The molecule has 0 unspecified atom stereocenters. The maximum absolute atomic E-state index is 14.1. The fourth-order valence-electron chi connectivity index (χ4n) is 8.91. The van der Waals surface area contributed by atoms with E-state index >= 15 is 0 Å². The topological polar surface area (TPSA) is 184 Å². The molecule has 2 saturated heterocycles. The number of ether oxygens (including phenoxy) is 3. The Kier molecular flexibility index (Phi) is 11.6. The first-order chi connectivity index (χ1) is 30.6. The van der Waals surface area contributed by atoms with E-state index in [9.17, 15) is 19.2 Å². The molecule has 4 N–H and O–H groups in total. The molecule has 4 aromatic carbocycles. The number of rotatable bonds is 11. The molecule has 16 heteroatoms. The Morgan fingerprint density at radius 1 is 0.762 bits per heavy atom. The Morgan fingerprint density at radius 2 is 1.46 bits per heavy atom. The maximum Gasteiger partial charge on any atom is 0.407 e. The number of imidazole rings is 2. The summed E-state index contributed by atoms with van der Waals surface area (Å²) >= 11 is 1.71. The van der Waals surface area contributed by atoms with Gasteiger partial charge in [-0.2, -0.15) is 0 Å². The van der Waals surface area contributed by atoms with Crippen LogP contribution in [0.2, 0.25) is 0 Å². The molecule has 9 rings (SSSR count). The van der Waals surface area contributed by atoms with Gasteiger partial charge in [-0.1, -0.05) is 60.7 Å². The van der Waals surface area contributed by atoms with E-state index in [4.69, 9.17) is 24.2 Å². The molecular formula is C47H48N8O7S. The van der Waals surface area contributed by atoms with Gasteiger partial charge in [-0.15, -0.1) is 11.3 Å². The van der Waals surface area contributed by atoms with Crippen LogP contribution < -0.4 is 10.6 Å². The SMILES string of the molecule is COC(=O)N[C@H](C(=O)N1CCC[C@H]1c1ncc(-c2ccc3cc(-c4ccc5c(ccc6[nH]c([C@@H]7CCCN7C(=O)[C@H](NC(=O)OC)c7ccccc7)nc65)c4)sc3c2)[nH]1)[C@H](C)OC. The van der Waals surface area contributed by atoms with E-state index in [1.54, 1.807) is 23.2 Å². The van der Waals surface area contributed by atoms with Crippen molar-refractivity contribution in [1.29, 1.82) is 0 Å². The van der Waals surface area contributed by atoms with Crippen molar-refractivity contribution in [3.8, 4) is 21.7 Å². The van der Waals surface area contributed by atoms with E-state index in [0.29, 0.717) is 30.3 Å². The molecule has 4 amide bonds. The Hall–Kier alpha value is -6.78. The Morgan fingerprint density at radius 3 is 2.21 bits per heavy atom. The Bertz CT molecular complexity index is 2840. The average Bonchev–Trinajstić information content (AvgIpc) is 4.18. The quantitative estimate of drug-likeness (QED) is 0.0996. The molecule has 324 valence electrons. The summed E-state index contributed by atoms with van der Waals surface area (Å²) in [5, 5.41) is 8.56. The van der Waals surface area contributed by atoms with Crippen LogP contribution in [-0.2, 0) is 23.8 Å². The highest BCUT2D eigenvalue weighted by molar-refractivity contribution is 7.22. The van der Waals surface area contributed by atoms with Crippen molar-refractivity contribution < 1.29 is 33.4 Å². The lowest BCUT2D eigenvalue weighted by atomic mass is 10.0. The molecule has 0 spiro atoms. The number of thiophene rings is 1. The summed E-state index contributed by atoms with van der Waals surface area (Å²) in [6, 6.07) is 26.0. The second kappa shape index (κ2) is 17.5. The first kappa shape index (κ1) is 41.6. The van der Waals surface area contributed by atoms with Gasteiger partial charge in [0.2, 0.25) is 5.91 Å². The molecule has 63 heavy (non-hydrogen) atoms. The fraction of sp³-hybridized carbons (Fsp3) is 0.319. The van der Waals surface area contributed by atoms with Gasteiger partial charge in [0.25, 0.3) is 5.91 Å². The predicted octanol–water partition coefficient (Wildman–Crippen LogP) is 8.17. The second-order valence-corrected chi connectivity index (χ2v) is 17.1. The van der Waals surface area contributed by atoms with Crippen molar-refractivity contribution >= 4 is 67.2 Å². The zero-order chi connectivity index (χ0) is 43.8. The number of carbonyl (C=O) groups is 4. The van der Waals surface area contributed by atoms with E-state index < -0.39 is 30.4 Å². The number of aromatic nitrogens is 4. The van der Waals surface area contributed by atoms with Crippen LogP contribution in [0.4, 0.5) is 9.59 Å². The van der Waals surface area contributed by atoms with E-state index in [1.165, 1.54) is 21.3 Å². The first-order valence-electron chi connectivity index (χ1n) is 21.0. The number of nitrogens with zero attached hydrogens (tertiary/aromatic N) is 4. The van der Waals surface area contributed by atoms with E-state index in [1.807, 2.05) is 47.5 Å². The van der Waals surface area contributed by atoms with Gasteiger partial charge in [0.1, 0.15) is 23.7 Å². The summed E-state index contributed by atoms with van der Waals surface area (Å²) in [4.78, 5) is 73.7. The highest BCUT2D eigenvalue weighted by Crippen LogP contribution is 2.40. The van der Waals surface area contributed by atoms with Crippen LogP contribution >= 0.6 is 11.3 Å². The molecule has 2 aliphatic rings. The number of amides is 4. The summed E-state index contributed by atoms with van der Waals surface area (Å²) in [7, 11) is 4.05. The van der Waals surface area contributed by atoms with Crippen LogP contribution in [-0.4, -0.2) is 100 Å². The molecule has 3 aromatic heterocycles. The van der Waals surface area contributed by atoms with Gasteiger partial charge < -0.3 is 44.6 Å². The van der Waals surface area contributed by atoms with Crippen molar-refractivity contribution in [1.82, 2.24) is 40.4 Å². The minimum Gasteiger partial charge on any atom is -0.453 e. The summed E-state index contributed by atoms with van der Waals surface area (Å²) in [5.41, 5.74) is 5.34. The standard InChI is InChI=1S/C47H48N8O7S/c1-26(60-2)39(52-46(58)61-3)44(56)54-20-8-12-35(54)42-48-25-34(50-42)29-14-15-31-24-38(63-37(31)23-29)30-16-18-32-28(22-30)17-19-33-41(32)51-43(49-33)36-13-9-21-55(36)45(57)40(53-47(59)62-4)27-10-6-5-7-11-27/h5-7,10-11,14-19,22-26,35-36,39-40H,8-9,12-13,20-21H2,1-4H3,(H,48,50)(H,49,51)(H,52,58)(H,53,59)/t26-,35-,36-,39-,40+/m0/s1. The number of carbonyl (C=O) groups excluding carboxylic acids is 4. The van der Waals surface area contributed by atoms with Crippen molar-refractivity contribution in [2.24, 2.45) is 0 Å². The average molecular weight is 869 g/mol. The monoisotopic (exact) mass is 868 g/mol. The van der Waals surface area contributed by atoms with Crippen molar-refractivity contribution in [3.05, 3.63) is 108 Å². The third-order valence-electron chi connectivity index (χ3n) is 12.3. The molecule has 2 aliphatic heterocycles. The van der Waals surface area contributed by atoms with Gasteiger partial charge >= 0.3 is 12.2 Å². The number of H-pyrrole nitrogens is 2. The molecular weight excluding hydrogens is 821 g/mol. The minimum absolute atomic E-state index is 0.211. The van der Waals surface area contributed by atoms with E-state index in [-0.39, 0.29) is 23.9 Å². The summed E-state index contributed by atoms with van der Waals surface area (Å²) < 4.78 is 16.2. The fourth-order valence-corrected chi connectivity index (χ4v) is 10.0. The second-order valence-electron chi connectivity index (χ2n) is 16.0. The van der Waals surface area contributed by atoms with Gasteiger partial charge in [-0.25, -0.2) is 19.6 Å². The number of methoxy groups -OCH3 is 3. The number of aromatic amines is 2. The minimum atomic E-state index is -0.902. The number of hydrogen-bond acceptors (Lipinski definition) is 10. The lowest BCUT2D eigenvalue weighted by molar-refractivity contribution is -0.137. The Labute approximate surface area is 367 Å². The van der Waals surface area contributed by atoms with E-state index in [0.717, 1.165) is 79.3 Å². The predicted molar refractivity (Wildman–Crippen MR) is 240 cm³/mol. The zero-order valence-electron chi connectivity index (χ0n) is 35.3. The van der Waals surface area contributed by atoms with Crippen molar-refractivity contribution in [2.45, 2.75) is 62.9 Å². The van der Waals surface area contributed by atoms with Gasteiger partial charge in [-0.3, -0.25) is 9.59 Å². The number of likely N-dealkylation sites (tertiary alicyclic amines) is 2. The molecule has 5 atom stereocenters. The number of alkyl carbamates (subject to hydrolysis) is 2. The van der Waals surface area contributed by atoms with Gasteiger partial charge in [0, 0.05) is 40.7 Å². The van der Waals surface area contributed by atoms with Crippen LogP contribution in [0.15, 0.2) is 91.1 Å². The van der Waals surface area contributed by atoms with Gasteiger partial charge in [-0.05, 0) is 78.8 Å². The number of hydrogen-bond donors (Lipinski definition) is 4. The van der Waals surface area contributed by atoms with Crippen LogP contribution in [0, 0.1) is 0 Å². The van der Waals surface area contributed by atoms with Crippen LogP contribution in [0.1, 0.15) is 67.9 Å². The molecule has 2 fully saturated rings. The highest BCUT2D eigenvalue weighted by Gasteiger charge is 2.39. The summed E-state index contributed by atoms with van der Waals surface area (Å²) in [6.45, 7) is 2.83. The normalized spacial score (nSPS) is 17.8. The van der Waals surface area contributed by atoms with E-state index in [2.05, 4.69) is 69.1 Å². The smallest absolute Gasteiger partial charge is 0.407 e. The molecule has 0 radical (unpaired) electrons. The lowest BCUT2D eigenvalue weighted by Gasteiger charge is -2.30. The Balaban J connectivity index is 0.937. The van der Waals surface area contributed by atoms with Crippen molar-refractivity contribution in [2.75, 3.05) is 34.4 Å². The largest absolute Gasteiger partial charge is 0.453 e. The zero-order valence-corrected chi connectivity index (χ0v) is 36.2.